The summed E-state index contributed by atoms with van der Waals surface area (Å²) in [5.41, 5.74) is 3.45. The van der Waals surface area contributed by atoms with Gasteiger partial charge in [-0.3, -0.25) is 4.72 Å². The number of azo groups is 1. The van der Waals surface area contributed by atoms with Crippen LogP contribution in [-0.2, 0) is 10.0 Å². The number of benzene rings is 3. The van der Waals surface area contributed by atoms with Crippen molar-refractivity contribution in [2.75, 3.05) is 35.6 Å². The summed E-state index contributed by atoms with van der Waals surface area (Å²) < 4.78 is 29.0. The Morgan fingerprint density at radius 2 is 1.25 bits per heavy atom. The van der Waals surface area contributed by atoms with E-state index in [9.17, 15) is 8.42 Å². The van der Waals surface area contributed by atoms with Crippen molar-refractivity contribution in [2.24, 2.45) is 10.2 Å². The Morgan fingerprint density at radius 1 is 0.675 bits per heavy atom. The zero-order chi connectivity index (χ0) is 28.6. The number of anilines is 3. The molecule has 0 amide bonds. The minimum absolute atomic E-state index is 0.0758. The lowest BCUT2D eigenvalue weighted by Crippen LogP contribution is -2.13. The summed E-state index contributed by atoms with van der Waals surface area (Å²) in [6, 6.07) is 21.5. The predicted octanol–water partition coefficient (Wildman–Crippen LogP) is 9.30. The molecule has 0 aliphatic rings. The van der Waals surface area contributed by atoms with Crippen LogP contribution in [0.1, 0.15) is 71.1 Å². The first-order valence-corrected chi connectivity index (χ1v) is 16.0. The molecule has 0 aliphatic carbocycles. The molecule has 40 heavy (non-hydrogen) atoms. The number of nitrogens with one attached hydrogen (secondary N) is 2. The van der Waals surface area contributed by atoms with Gasteiger partial charge in [0.25, 0.3) is 10.0 Å². The Hall–Kier alpha value is -3.39. The SMILES string of the molecule is CCCCCCCCCCCCNc1ccc(NS(=O)(=O)c2ccccc2/N=N/c2ccc(N(C)C)cc2)cc1. The van der Waals surface area contributed by atoms with Crippen molar-refractivity contribution in [3.8, 4) is 0 Å². The fourth-order valence-electron chi connectivity index (χ4n) is 4.41. The zero-order valence-corrected chi connectivity index (χ0v) is 25.1. The molecule has 2 N–H and O–H groups in total. The number of nitrogens with zero attached hydrogens (tertiary/aromatic N) is 3. The van der Waals surface area contributed by atoms with Crippen molar-refractivity contribution in [1.29, 1.82) is 0 Å². The molecule has 0 aromatic heterocycles. The summed E-state index contributed by atoms with van der Waals surface area (Å²) in [6.07, 6.45) is 13.2. The van der Waals surface area contributed by atoms with Crippen molar-refractivity contribution < 1.29 is 8.42 Å². The summed E-state index contributed by atoms with van der Waals surface area (Å²) in [5.74, 6) is 0. The Morgan fingerprint density at radius 3 is 1.88 bits per heavy atom. The van der Waals surface area contributed by atoms with E-state index in [4.69, 9.17) is 0 Å². The maximum Gasteiger partial charge on any atom is 0.264 e. The second kappa shape index (κ2) is 16.7. The standard InChI is InChI=1S/C32H45N5O2S/c1-4-5-6-7-8-9-10-11-12-15-26-33-27-18-20-29(21-19-27)36-40(38,39)32-17-14-13-16-31(32)35-34-28-22-24-30(25-23-28)37(2)3/h13-14,16-25,33,36H,4-12,15,26H2,1-3H3/b35-34+. The highest BCUT2D eigenvalue weighted by Crippen LogP contribution is 2.29. The first-order valence-electron chi connectivity index (χ1n) is 14.5. The van der Waals surface area contributed by atoms with Gasteiger partial charge in [0.15, 0.2) is 0 Å². The smallest absolute Gasteiger partial charge is 0.264 e. The molecular formula is C32H45N5O2S. The molecule has 3 aromatic carbocycles. The molecule has 0 aliphatic heterocycles. The Bertz CT molecular complexity index is 1270. The van der Waals surface area contributed by atoms with Gasteiger partial charge in [0.05, 0.1) is 5.69 Å². The van der Waals surface area contributed by atoms with Crippen LogP contribution in [0, 0.1) is 0 Å². The molecule has 0 radical (unpaired) electrons. The van der Waals surface area contributed by atoms with Crippen molar-refractivity contribution in [2.45, 2.75) is 76.0 Å². The van der Waals surface area contributed by atoms with Crippen LogP contribution in [0.15, 0.2) is 87.9 Å². The van der Waals surface area contributed by atoms with Gasteiger partial charge in [-0.25, -0.2) is 8.42 Å². The quantitative estimate of drug-likeness (QED) is 0.119. The fourth-order valence-corrected chi connectivity index (χ4v) is 5.61. The third-order valence-electron chi connectivity index (χ3n) is 6.79. The molecule has 0 saturated carbocycles. The summed E-state index contributed by atoms with van der Waals surface area (Å²) >= 11 is 0. The van der Waals surface area contributed by atoms with Gasteiger partial charge in [0.1, 0.15) is 10.6 Å². The van der Waals surface area contributed by atoms with Gasteiger partial charge in [-0.15, -0.1) is 5.11 Å². The van der Waals surface area contributed by atoms with E-state index in [-0.39, 0.29) is 10.6 Å². The highest BCUT2D eigenvalue weighted by atomic mass is 32.2. The lowest BCUT2D eigenvalue weighted by Gasteiger charge is -2.12. The van der Waals surface area contributed by atoms with Crippen molar-refractivity contribution in [3.05, 3.63) is 72.8 Å². The number of rotatable bonds is 18. The van der Waals surface area contributed by atoms with Crippen LogP contribution in [0.3, 0.4) is 0 Å². The Kier molecular flexibility index (Phi) is 13.0. The van der Waals surface area contributed by atoms with Gasteiger partial charge in [0, 0.05) is 37.7 Å². The molecule has 0 unspecified atom stereocenters. The maximum atomic E-state index is 13.2. The topological polar surface area (TPSA) is 86.2 Å². The molecule has 0 saturated heterocycles. The van der Waals surface area contributed by atoms with Gasteiger partial charge >= 0.3 is 0 Å². The van der Waals surface area contributed by atoms with E-state index >= 15 is 0 Å². The highest BCUT2D eigenvalue weighted by molar-refractivity contribution is 7.92. The average molecular weight is 564 g/mol. The number of hydrogen-bond acceptors (Lipinski definition) is 6. The largest absolute Gasteiger partial charge is 0.385 e. The second-order valence-corrected chi connectivity index (χ2v) is 12.0. The van der Waals surface area contributed by atoms with Crippen molar-refractivity contribution >= 4 is 38.5 Å². The number of unbranched alkanes of at least 4 members (excludes halogenated alkanes) is 9. The first-order chi connectivity index (χ1) is 19.4. The molecule has 8 heteroatoms. The lowest BCUT2D eigenvalue weighted by molar-refractivity contribution is 0.560. The summed E-state index contributed by atoms with van der Waals surface area (Å²) in [4.78, 5) is 2.07. The molecule has 3 rings (SSSR count). The summed E-state index contributed by atoms with van der Waals surface area (Å²) in [7, 11) is 0.0837. The van der Waals surface area contributed by atoms with E-state index in [0.29, 0.717) is 11.4 Å². The normalized spacial score (nSPS) is 11.6. The molecule has 0 spiro atoms. The fraction of sp³-hybridized carbons (Fsp3) is 0.438. The Balaban J connectivity index is 1.47. The number of sulfonamides is 1. The highest BCUT2D eigenvalue weighted by Gasteiger charge is 2.18. The van der Waals surface area contributed by atoms with Gasteiger partial charge in [-0.1, -0.05) is 76.8 Å². The Labute approximate surface area is 241 Å². The average Bonchev–Trinajstić information content (AvgIpc) is 2.96. The molecule has 0 atom stereocenters. The van der Waals surface area contributed by atoms with E-state index < -0.39 is 10.0 Å². The van der Waals surface area contributed by atoms with Gasteiger partial charge in [-0.2, -0.15) is 5.11 Å². The molecule has 0 bridgehead atoms. The first kappa shape index (κ1) is 31.1. The number of hydrogen-bond donors (Lipinski definition) is 2. The van der Waals surface area contributed by atoms with Crippen LogP contribution >= 0.6 is 0 Å². The zero-order valence-electron chi connectivity index (χ0n) is 24.3. The molecule has 7 nitrogen and oxygen atoms in total. The van der Waals surface area contributed by atoms with E-state index in [1.54, 1.807) is 30.3 Å². The third-order valence-corrected chi connectivity index (χ3v) is 8.22. The second-order valence-electron chi connectivity index (χ2n) is 10.4. The molecule has 216 valence electrons. The summed E-state index contributed by atoms with van der Waals surface area (Å²) in [5, 5.41) is 11.9. The van der Waals surface area contributed by atoms with E-state index in [0.717, 1.165) is 24.3 Å². The van der Waals surface area contributed by atoms with E-state index in [1.165, 1.54) is 63.9 Å². The van der Waals surface area contributed by atoms with E-state index in [2.05, 4.69) is 27.2 Å². The third kappa shape index (κ3) is 10.6. The monoisotopic (exact) mass is 563 g/mol. The predicted molar refractivity (Wildman–Crippen MR) is 169 cm³/mol. The van der Waals surface area contributed by atoms with Crippen molar-refractivity contribution in [1.82, 2.24) is 0 Å². The van der Waals surface area contributed by atoms with Gasteiger partial charge in [-0.05, 0) is 67.1 Å². The van der Waals surface area contributed by atoms with Crippen LogP contribution in [0.25, 0.3) is 0 Å². The summed E-state index contributed by atoms with van der Waals surface area (Å²) in [6.45, 7) is 3.17. The maximum absolute atomic E-state index is 13.2. The van der Waals surface area contributed by atoms with Crippen molar-refractivity contribution in [3.63, 3.8) is 0 Å². The molecule has 0 heterocycles. The van der Waals surface area contributed by atoms with E-state index in [1.807, 2.05) is 55.4 Å². The minimum Gasteiger partial charge on any atom is -0.385 e. The molecule has 0 fully saturated rings. The minimum atomic E-state index is -3.85. The molecule has 3 aromatic rings. The van der Waals surface area contributed by atoms with Crippen LogP contribution in [0.4, 0.5) is 28.4 Å². The van der Waals surface area contributed by atoms with Crippen LogP contribution in [0.5, 0.6) is 0 Å². The van der Waals surface area contributed by atoms with Gasteiger partial charge < -0.3 is 10.2 Å². The van der Waals surface area contributed by atoms with Gasteiger partial charge in [0.2, 0.25) is 0 Å². The van der Waals surface area contributed by atoms with Crippen LogP contribution in [-0.4, -0.2) is 29.1 Å². The van der Waals surface area contributed by atoms with Crippen LogP contribution < -0.4 is 14.9 Å². The molecular weight excluding hydrogens is 518 g/mol. The lowest BCUT2D eigenvalue weighted by atomic mass is 10.1. The van der Waals surface area contributed by atoms with Crippen LogP contribution in [0.2, 0.25) is 0 Å².